The minimum Gasteiger partial charge on any atom is -0.497 e. The van der Waals surface area contributed by atoms with Crippen molar-refractivity contribution in [3.8, 4) is 11.5 Å². The summed E-state index contributed by atoms with van der Waals surface area (Å²) in [4.78, 5) is 10.8. The highest BCUT2D eigenvalue weighted by Crippen LogP contribution is 2.36. The molecule has 2 aromatic carbocycles. The third kappa shape index (κ3) is 2.55. The average molecular weight is 258 g/mol. The van der Waals surface area contributed by atoms with E-state index in [1.807, 2.05) is 37.3 Å². The van der Waals surface area contributed by atoms with Gasteiger partial charge < -0.3 is 14.3 Å². The monoisotopic (exact) mass is 258 g/mol. The number of hydrogen-bond donors (Lipinski definition) is 0. The van der Waals surface area contributed by atoms with Gasteiger partial charge in [-0.2, -0.15) is 0 Å². The molecule has 100 valence electrons. The Morgan fingerprint density at radius 3 is 2.53 bits per heavy atom. The summed E-state index contributed by atoms with van der Waals surface area (Å²) in [7, 11) is 3.30. The molecule has 0 aromatic heterocycles. The van der Waals surface area contributed by atoms with Crippen molar-refractivity contribution < 1.29 is 14.3 Å². The molecule has 0 heterocycles. The molecule has 1 unspecified atom stereocenters. The molecule has 0 fully saturated rings. The normalized spacial score (nSPS) is 12.2. The van der Waals surface area contributed by atoms with Crippen molar-refractivity contribution in [2.75, 3.05) is 14.2 Å². The fourth-order valence-electron chi connectivity index (χ4n) is 2.38. The van der Waals surface area contributed by atoms with Crippen molar-refractivity contribution >= 4 is 17.1 Å². The van der Waals surface area contributed by atoms with Crippen LogP contribution in [-0.2, 0) is 4.79 Å². The van der Waals surface area contributed by atoms with Crippen molar-refractivity contribution in [2.24, 2.45) is 0 Å². The van der Waals surface area contributed by atoms with Gasteiger partial charge in [0.15, 0.2) is 0 Å². The maximum absolute atomic E-state index is 10.8. The van der Waals surface area contributed by atoms with Gasteiger partial charge in [-0.3, -0.25) is 0 Å². The maximum Gasteiger partial charge on any atom is 0.122 e. The van der Waals surface area contributed by atoms with E-state index < -0.39 is 0 Å². The lowest BCUT2D eigenvalue weighted by atomic mass is 9.92. The molecule has 3 nitrogen and oxygen atoms in total. The second kappa shape index (κ2) is 5.74. The number of carbonyl (C=O) groups is 1. The maximum atomic E-state index is 10.8. The molecule has 0 aliphatic rings. The number of aldehydes is 1. The Hall–Kier alpha value is -2.03. The molecule has 0 N–H and O–H groups in total. The molecule has 0 saturated carbocycles. The summed E-state index contributed by atoms with van der Waals surface area (Å²) in [5.41, 5.74) is 1.06. The van der Waals surface area contributed by atoms with Crippen molar-refractivity contribution in [1.82, 2.24) is 0 Å². The lowest BCUT2D eigenvalue weighted by molar-refractivity contribution is -0.108. The zero-order valence-corrected chi connectivity index (χ0v) is 11.5. The van der Waals surface area contributed by atoms with Gasteiger partial charge in [0.1, 0.15) is 17.8 Å². The molecule has 0 aliphatic heterocycles. The Kier molecular flexibility index (Phi) is 4.05. The average Bonchev–Trinajstić information content (AvgIpc) is 2.45. The van der Waals surface area contributed by atoms with Crippen LogP contribution < -0.4 is 9.47 Å². The lowest BCUT2D eigenvalue weighted by Gasteiger charge is -2.17. The SMILES string of the molecule is COc1ccc2ccc(OC)c(C(C)CC=O)c2c1. The molecular weight excluding hydrogens is 240 g/mol. The molecule has 3 heteroatoms. The highest BCUT2D eigenvalue weighted by molar-refractivity contribution is 5.89. The van der Waals surface area contributed by atoms with Crippen LogP contribution >= 0.6 is 0 Å². The molecule has 0 radical (unpaired) electrons. The molecule has 0 bridgehead atoms. The van der Waals surface area contributed by atoms with E-state index in [0.717, 1.165) is 34.1 Å². The van der Waals surface area contributed by atoms with Crippen LogP contribution in [-0.4, -0.2) is 20.5 Å². The van der Waals surface area contributed by atoms with Crippen LogP contribution in [0.3, 0.4) is 0 Å². The van der Waals surface area contributed by atoms with Crippen molar-refractivity contribution in [3.05, 3.63) is 35.9 Å². The van der Waals surface area contributed by atoms with Gasteiger partial charge >= 0.3 is 0 Å². The first-order valence-corrected chi connectivity index (χ1v) is 6.29. The number of benzene rings is 2. The molecule has 2 rings (SSSR count). The van der Waals surface area contributed by atoms with E-state index in [-0.39, 0.29) is 5.92 Å². The topological polar surface area (TPSA) is 35.5 Å². The predicted molar refractivity (Wildman–Crippen MR) is 76.1 cm³/mol. The second-order valence-electron chi connectivity index (χ2n) is 4.57. The number of fused-ring (bicyclic) bond motifs is 1. The highest BCUT2D eigenvalue weighted by atomic mass is 16.5. The predicted octanol–water partition coefficient (Wildman–Crippen LogP) is 3.55. The van der Waals surface area contributed by atoms with Crippen molar-refractivity contribution in [3.63, 3.8) is 0 Å². The van der Waals surface area contributed by atoms with Gasteiger partial charge in [-0.15, -0.1) is 0 Å². The summed E-state index contributed by atoms with van der Waals surface area (Å²) in [6.07, 6.45) is 1.43. The quantitative estimate of drug-likeness (QED) is 0.769. The van der Waals surface area contributed by atoms with Gasteiger partial charge in [0.25, 0.3) is 0 Å². The zero-order valence-electron chi connectivity index (χ0n) is 11.5. The van der Waals surface area contributed by atoms with Gasteiger partial charge in [0, 0.05) is 12.0 Å². The van der Waals surface area contributed by atoms with Gasteiger partial charge in [-0.1, -0.05) is 19.1 Å². The van der Waals surface area contributed by atoms with Crippen LogP contribution in [0.1, 0.15) is 24.8 Å². The fraction of sp³-hybridized carbons (Fsp3) is 0.312. The van der Waals surface area contributed by atoms with Gasteiger partial charge in [0.2, 0.25) is 0 Å². The van der Waals surface area contributed by atoms with E-state index in [2.05, 4.69) is 0 Å². The highest BCUT2D eigenvalue weighted by Gasteiger charge is 2.15. The summed E-state index contributed by atoms with van der Waals surface area (Å²) in [5, 5.41) is 2.20. The zero-order chi connectivity index (χ0) is 13.8. The van der Waals surface area contributed by atoms with E-state index in [1.54, 1.807) is 14.2 Å². The third-order valence-corrected chi connectivity index (χ3v) is 3.39. The number of carbonyl (C=O) groups excluding carboxylic acids is 1. The Morgan fingerprint density at radius 1 is 1.16 bits per heavy atom. The summed E-state index contributed by atoms with van der Waals surface area (Å²) < 4.78 is 10.7. The Morgan fingerprint density at radius 2 is 1.89 bits per heavy atom. The summed E-state index contributed by atoms with van der Waals surface area (Å²) in [6.45, 7) is 2.03. The van der Waals surface area contributed by atoms with Gasteiger partial charge in [0.05, 0.1) is 14.2 Å². The molecule has 0 amide bonds. The third-order valence-electron chi connectivity index (χ3n) is 3.39. The Bertz CT molecular complexity index is 585. The van der Waals surface area contributed by atoms with E-state index >= 15 is 0 Å². The first-order valence-electron chi connectivity index (χ1n) is 6.29. The van der Waals surface area contributed by atoms with Crippen molar-refractivity contribution in [2.45, 2.75) is 19.3 Å². The molecule has 2 aromatic rings. The lowest BCUT2D eigenvalue weighted by Crippen LogP contribution is -2.00. The molecular formula is C16H18O3. The van der Waals surface area contributed by atoms with E-state index in [1.165, 1.54) is 0 Å². The minimum absolute atomic E-state index is 0.114. The molecule has 19 heavy (non-hydrogen) atoms. The van der Waals surface area contributed by atoms with Crippen LogP contribution in [0.25, 0.3) is 10.8 Å². The fourth-order valence-corrected chi connectivity index (χ4v) is 2.38. The van der Waals surface area contributed by atoms with E-state index in [0.29, 0.717) is 6.42 Å². The summed E-state index contributed by atoms with van der Waals surface area (Å²) >= 11 is 0. The molecule has 0 aliphatic carbocycles. The molecule has 1 atom stereocenters. The van der Waals surface area contributed by atoms with Crippen LogP contribution in [0, 0.1) is 0 Å². The number of methoxy groups -OCH3 is 2. The second-order valence-corrected chi connectivity index (χ2v) is 4.57. The largest absolute Gasteiger partial charge is 0.497 e. The molecule has 0 spiro atoms. The smallest absolute Gasteiger partial charge is 0.122 e. The van der Waals surface area contributed by atoms with Crippen LogP contribution in [0.2, 0.25) is 0 Å². The number of rotatable bonds is 5. The Balaban J connectivity index is 2.69. The standard InChI is InChI=1S/C16H18O3/c1-11(8-9-17)16-14-10-13(18-2)6-4-12(14)5-7-15(16)19-3/h4-7,9-11H,8H2,1-3H3. The van der Waals surface area contributed by atoms with Crippen LogP contribution in [0.15, 0.2) is 30.3 Å². The first-order chi connectivity index (χ1) is 9.21. The number of ether oxygens (including phenoxy) is 2. The van der Waals surface area contributed by atoms with Crippen LogP contribution in [0.5, 0.6) is 11.5 Å². The first kappa shape index (κ1) is 13.4. The van der Waals surface area contributed by atoms with Crippen LogP contribution in [0.4, 0.5) is 0 Å². The summed E-state index contributed by atoms with van der Waals surface area (Å²) in [5.74, 6) is 1.73. The van der Waals surface area contributed by atoms with Gasteiger partial charge in [-0.25, -0.2) is 0 Å². The van der Waals surface area contributed by atoms with E-state index in [9.17, 15) is 4.79 Å². The Labute approximate surface area is 113 Å². The van der Waals surface area contributed by atoms with E-state index in [4.69, 9.17) is 9.47 Å². The molecule has 0 saturated heterocycles. The minimum atomic E-state index is 0.114. The number of hydrogen-bond acceptors (Lipinski definition) is 3. The summed E-state index contributed by atoms with van der Waals surface area (Å²) in [6, 6.07) is 9.92. The van der Waals surface area contributed by atoms with Crippen molar-refractivity contribution in [1.29, 1.82) is 0 Å². The van der Waals surface area contributed by atoms with Gasteiger partial charge in [-0.05, 0) is 34.9 Å².